The predicted octanol–water partition coefficient (Wildman–Crippen LogP) is 6.35. The Labute approximate surface area is 156 Å². The highest BCUT2D eigenvalue weighted by molar-refractivity contribution is 6.00. The van der Waals surface area contributed by atoms with Gasteiger partial charge >= 0.3 is 0 Å². The molecule has 3 N–H and O–H groups in total. The van der Waals surface area contributed by atoms with Crippen molar-refractivity contribution in [2.75, 3.05) is 6.54 Å². The van der Waals surface area contributed by atoms with Crippen LogP contribution in [-0.4, -0.2) is 12.3 Å². The molecule has 0 aromatic heterocycles. The van der Waals surface area contributed by atoms with Gasteiger partial charge in [0.1, 0.15) is 0 Å². The highest BCUT2D eigenvalue weighted by Gasteiger charge is 2.36. The highest BCUT2D eigenvalue weighted by Crippen LogP contribution is 2.46. The maximum absolute atomic E-state index is 9.12. The zero-order valence-corrected chi connectivity index (χ0v) is 17.7. The normalized spacial score (nSPS) is 33.8. The van der Waals surface area contributed by atoms with Gasteiger partial charge in [-0.05, 0) is 86.2 Å². The lowest BCUT2D eigenvalue weighted by Gasteiger charge is -2.41. The van der Waals surface area contributed by atoms with E-state index in [1.54, 1.807) is 5.57 Å². The largest absolute Gasteiger partial charge is 0.330 e. The van der Waals surface area contributed by atoms with Crippen molar-refractivity contribution in [3.8, 4) is 0 Å². The van der Waals surface area contributed by atoms with Gasteiger partial charge in [-0.15, -0.1) is 0 Å². The smallest absolute Gasteiger partial charge is 0.0376 e. The summed E-state index contributed by atoms with van der Waals surface area (Å²) in [6.07, 6.45) is 9.37. The quantitative estimate of drug-likeness (QED) is 0.560. The van der Waals surface area contributed by atoms with Gasteiger partial charge in [-0.2, -0.15) is 0 Å². The van der Waals surface area contributed by atoms with Crippen molar-refractivity contribution in [3.05, 3.63) is 11.1 Å². The van der Waals surface area contributed by atoms with Gasteiger partial charge in [0.05, 0.1) is 0 Å². The van der Waals surface area contributed by atoms with Crippen molar-refractivity contribution in [2.24, 2.45) is 34.3 Å². The van der Waals surface area contributed by atoms with Crippen LogP contribution in [0.4, 0.5) is 0 Å². The topological polar surface area (TPSA) is 49.9 Å². The first kappa shape index (κ1) is 20.7. The molecule has 0 amide bonds. The van der Waals surface area contributed by atoms with E-state index >= 15 is 0 Å². The molecule has 3 atom stereocenters. The second-order valence-corrected chi connectivity index (χ2v) is 10.9. The lowest BCUT2D eigenvalue weighted by Crippen LogP contribution is -2.33. The number of nitrogens with two attached hydrogens (primary N) is 1. The average molecular weight is 347 g/mol. The van der Waals surface area contributed by atoms with Crippen LogP contribution in [-0.2, 0) is 0 Å². The van der Waals surface area contributed by atoms with Gasteiger partial charge in [0.25, 0.3) is 0 Å². The third kappa shape index (κ3) is 5.67. The van der Waals surface area contributed by atoms with E-state index in [9.17, 15) is 0 Å². The molecule has 2 saturated carbocycles. The fourth-order valence-corrected chi connectivity index (χ4v) is 5.98. The first-order valence-electron chi connectivity index (χ1n) is 10.5. The van der Waals surface area contributed by atoms with E-state index in [1.807, 2.05) is 0 Å². The third-order valence-electron chi connectivity index (χ3n) is 6.37. The van der Waals surface area contributed by atoms with Crippen LogP contribution in [0.2, 0.25) is 0 Å². The molecule has 0 heterocycles. The van der Waals surface area contributed by atoms with E-state index in [2.05, 4.69) is 41.5 Å². The second-order valence-electron chi connectivity index (χ2n) is 10.9. The lowest BCUT2D eigenvalue weighted by molar-refractivity contribution is 0.163. The zero-order chi connectivity index (χ0) is 18.8. The zero-order valence-electron chi connectivity index (χ0n) is 17.7. The minimum Gasteiger partial charge on any atom is -0.330 e. The molecule has 2 aliphatic carbocycles. The van der Waals surface area contributed by atoms with E-state index in [1.165, 1.54) is 44.1 Å². The van der Waals surface area contributed by atoms with Crippen molar-refractivity contribution < 1.29 is 0 Å². The SMILES string of the molecule is CC1CC(=C(CCCN)C(=N)C2CC(C)CC(C)(C)C2)CC(C)(C)C1. The maximum Gasteiger partial charge on any atom is 0.0376 e. The van der Waals surface area contributed by atoms with E-state index < -0.39 is 0 Å². The standard InChI is InChI=1S/C23H42N2/c1-16-10-18(14-22(3,4)12-16)20(8-7-9-24)21(25)19-11-17(2)13-23(5,6)15-19/h16-17,19,25H,7-15,24H2,1-6H3. The monoisotopic (exact) mass is 346 g/mol. The van der Waals surface area contributed by atoms with Gasteiger partial charge < -0.3 is 11.1 Å². The predicted molar refractivity (Wildman–Crippen MR) is 110 cm³/mol. The van der Waals surface area contributed by atoms with Crippen LogP contribution in [0.1, 0.15) is 92.9 Å². The molecule has 0 saturated heterocycles. The van der Waals surface area contributed by atoms with E-state index in [0.717, 1.165) is 36.9 Å². The molecule has 0 aliphatic heterocycles. The molecule has 2 rings (SSSR count). The Morgan fingerprint density at radius 1 is 1.04 bits per heavy atom. The fraction of sp³-hybridized carbons (Fsp3) is 0.870. The van der Waals surface area contributed by atoms with Gasteiger partial charge in [0, 0.05) is 11.6 Å². The van der Waals surface area contributed by atoms with Crippen molar-refractivity contribution in [1.82, 2.24) is 0 Å². The van der Waals surface area contributed by atoms with Crippen molar-refractivity contribution in [1.29, 1.82) is 5.41 Å². The minimum atomic E-state index is 0.372. The third-order valence-corrected chi connectivity index (χ3v) is 6.37. The Hall–Kier alpha value is -0.630. The number of nitrogens with one attached hydrogen (secondary N) is 1. The van der Waals surface area contributed by atoms with Crippen molar-refractivity contribution in [2.45, 2.75) is 92.9 Å². The molecule has 2 nitrogen and oxygen atoms in total. The molecular formula is C23H42N2. The maximum atomic E-state index is 9.12. The fourth-order valence-electron chi connectivity index (χ4n) is 5.98. The second kappa shape index (κ2) is 7.94. The van der Waals surface area contributed by atoms with Crippen LogP contribution < -0.4 is 5.73 Å². The van der Waals surface area contributed by atoms with Crippen molar-refractivity contribution in [3.63, 3.8) is 0 Å². The Kier molecular flexibility index (Phi) is 6.57. The van der Waals surface area contributed by atoms with Gasteiger partial charge in [0.15, 0.2) is 0 Å². The van der Waals surface area contributed by atoms with Crippen LogP contribution in [0.5, 0.6) is 0 Å². The summed E-state index contributed by atoms with van der Waals surface area (Å²) in [6, 6.07) is 0. The Balaban J connectivity index is 2.30. The first-order chi connectivity index (χ1) is 11.5. The molecule has 0 spiro atoms. The Bertz CT molecular complexity index is 512. The summed E-state index contributed by atoms with van der Waals surface area (Å²) < 4.78 is 0. The van der Waals surface area contributed by atoms with E-state index in [0.29, 0.717) is 16.7 Å². The molecular weight excluding hydrogens is 304 g/mol. The molecule has 25 heavy (non-hydrogen) atoms. The van der Waals surface area contributed by atoms with E-state index in [-0.39, 0.29) is 0 Å². The van der Waals surface area contributed by atoms with Crippen LogP contribution in [0, 0.1) is 34.0 Å². The van der Waals surface area contributed by atoms with Crippen molar-refractivity contribution >= 4 is 5.71 Å². The number of hydrogen-bond donors (Lipinski definition) is 2. The van der Waals surface area contributed by atoms with Crippen LogP contribution in [0.15, 0.2) is 11.1 Å². The van der Waals surface area contributed by atoms with Gasteiger partial charge in [-0.25, -0.2) is 0 Å². The molecule has 0 aromatic rings. The average Bonchev–Trinajstić information content (AvgIpc) is 2.43. The molecule has 144 valence electrons. The summed E-state index contributed by atoms with van der Waals surface area (Å²) in [5.41, 5.74) is 10.5. The summed E-state index contributed by atoms with van der Waals surface area (Å²) in [5.74, 6) is 1.91. The molecule has 2 heteroatoms. The Morgan fingerprint density at radius 3 is 2.24 bits per heavy atom. The first-order valence-corrected chi connectivity index (χ1v) is 10.5. The summed E-state index contributed by atoms with van der Waals surface area (Å²) >= 11 is 0. The van der Waals surface area contributed by atoms with Gasteiger partial charge in [-0.1, -0.05) is 47.1 Å². The molecule has 2 fully saturated rings. The van der Waals surface area contributed by atoms with E-state index in [4.69, 9.17) is 11.1 Å². The van der Waals surface area contributed by atoms with Gasteiger partial charge in [-0.3, -0.25) is 0 Å². The molecule has 0 bridgehead atoms. The molecule has 0 radical (unpaired) electrons. The van der Waals surface area contributed by atoms with Crippen LogP contribution >= 0.6 is 0 Å². The van der Waals surface area contributed by atoms with Crippen LogP contribution in [0.25, 0.3) is 0 Å². The summed E-state index contributed by atoms with van der Waals surface area (Å²) in [7, 11) is 0. The molecule has 3 unspecified atom stereocenters. The molecule has 0 aromatic carbocycles. The minimum absolute atomic E-state index is 0.372. The number of allylic oxidation sites excluding steroid dienone is 2. The summed E-state index contributed by atoms with van der Waals surface area (Å²) in [4.78, 5) is 0. The summed E-state index contributed by atoms with van der Waals surface area (Å²) in [5, 5.41) is 9.12. The van der Waals surface area contributed by atoms with Gasteiger partial charge in [0.2, 0.25) is 0 Å². The van der Waals surface area contributed by atoms with Crippen LogP contribution in [0.3, 0.4) is 0 Å². The summed E-state index contributed by atoms with van der Waals surface area (Å²) in [6.45, 7) is 15.1. The highest BCUT2D eigenvalue weighted by atomic mass is 14.5. The molecule has 2 aliphatic rings. The number of rotatable bonds is 5. The lowest BCUT2D eigenvalue weighted by atomic mass is 9.64. The number of hydrogen-bond acceptors (Lipinski definition) is 2. The Morgan fingerprint density at radius 2 is 1.68 bits per heavy atom.